The van der Waals surface area contributed by atoms with Gasteiger partial charge in [0.25, 0.3) is 0 Å². The van der Waals surface area contributed by atoms with Crippen LogP contribution in [0.2, 0.25) is 0 Å². The average molecular weight is 714 g/mol. The molecule has 0 fully saturated rings. The van der Waals surface area contributed by atoms with Crippen LogP contribution in [-0.4, -0.2) is 21.3 Å². The number of ether oxygens (including phenoxy) is 1. The Bertz CT molecular complexity index is 1600. The maximum Gasteiger partial charge on any atom is 0.306 e. The van der Waals surface area contributed by atoms with Crippen LogP contribution in [0.1, 0.15) is 194 Å². The number of rotatable bonds is 6. The molecule has 3 N–H and O–H groups in total. The number of carbonyl (C=O) groups excluding carboxylic acids is 1. The number of hydrogen-bond acceptors (Lipinski definition) is 5. The minimum atomic E-state index is -0.898. The lowest BCUT2D eigenvalue weighted by molar-refractivity contribution is -0.147. The summed E-state index contributed by atoms with van der Waals surface area (Å²) in [7, 11) is 0. The minimum absolute atomic E-state index is 0.173. The topological polar surface area (TPSA) is 87.0 Å². The summed E-state index contributed by atoms with van der Waals surface area (Å²) in [6, 6.07) is 12.2. The highest BCUT2D eigenvalue weighted by molar-refractivity contribution is 5.71. The molecule has 5 heteroatoms. The van der Waals surface area contributed by atoms with Crippen molar-refractivity contribution in [2.24, 2.45) is 0 Å². The fraction of sp³-hybridized carbons (Fsp3) is 0.574. The first-order valence-electron chi connectivity index (χ1n) is 18.9. The summed E-state index contributed by atoms with van der Waals surface area (Å²) in [5.74, 6) is 1.16. The summed E-state index contributed by atoms with van der Waals surface area (Å²) in [6.45, 7) is 39.3. The van der Waals surface area contributed by atoms with Gasteiger partial charge in [0.15, 0.2) is 0 Å². The molecule has 1 atom stereocenters. The van der Waals surface area contributed by atoms with Crippen LogP contribution in [0.5, 0.6) is 17.2 Å². The number of aromatic hydroxyl groups is 3. The first-order chi connectivity index (χ1) is 23.2. The Hall–Kier alpha value is -3.47. The molecule has 0 aliphatic rings. The third kappa shape index (κ3) is 9.18. The minimum Gasteiger partial charge on any atom is -0.507 e. The molecule has 1 radical (unpaired) electrons. The van der Waals surface area contributed by atoms with E-state index in [4.69, 9.17) is 4.74 Å². The van der Waals surface area contributed by atoms with Crippen LogP contribution in [0.25, 0.3) is 0 Å². The largest absolute Gasteiger partial charge is 0.507 e. The van der Waals surface area contributed by atoms with Crippen molar-refractivity contribution in [2.75, 3.05) is 0 Å². The zero-order chi connectivity index (χ0) is 40.3. The molecule has 0 aromatic heterocycles. The quantitative estimate of drug-likeness (QED) is 0.221. The van der Waals surface area contributed by atoms with Crippen LogP contribution in [-0.2, 0) is 42.0 Å². The van der Waals surface area contributed by atoms with E-state index in [0.717, 1.165) is 56.0 Å². The lowest BCUT2D eigenvalue weighted by Crippen LogP contribution is -2.26. The molecule has 0 aliphatic carbocycles. The Labute approximate surface area is 316 Å². The number of phenols is 3. The van der Waals surface area contributed by atoms with E-state index < -0.39 is 38.6 Å². The molecular weight excluding hydrogens is 645 g/mol. The Morgan fingerprint density at radius 3 is 0.923 bits per heavy atom. The van der Waals surface area contributed by atoms with Gasteiger partial charge < -0.3 is 20.1 Å². The Kier molecular flexibility index (Phi) is 11.6. The molecule has 0 spiro atoms. The molecule has 5 nitrogen and oxygen atoms in total. The van der Waals surface area contributed by atoms with Gasteiger partial charge in [0.1, 0.15) is 23.4 Å². The van der Waals surface area contributed by atoms with Crippen LogP contribution in [0.3, 0.4) is 0 Å². The summed E-state index contributed by atoms with van der Waals surface area (Å²) < 4.78 is 6.61. The highest BCUT2D eigenvalue weighted by Gasteiger charge is 2.39. The second-order valence-electron chi connectivity index (χ2n) is 20.9. The number of carbonyl (C=O) groups is 1. The first kappa shape index (κ1) is 42.9. The fourth-order valence-electron chi connectivity index (χ4n) is 6.80. The third-order valence-electron chi connectivity index (χ3n) is 9.93. The van der Waals surface area contributed by atoms with E-state index in [2.05, 4.69) is 125 Å². The Morgan fingerprint density at radius 1 is 0.481 bits per heavy atom. The summed E-state index contributed by atoms with van der Waals surface area (Å²) in [6.07, 6.45) is -0.725. The van der Waals surface area contributed by atoms with Crippen molar-refractivity contribution >= 4 is 5.97 Å². The van der Waals surface area contributed by atoms with E-state index in [0.29, 0.717) is 0 Å². The summed E-state index contributed by atoms with van der Waals surface area (Å²) >= 11 is 0. The van der Waals surface area contributed by atoms with Gasteiger partial charge >= 0.3 is 5.97 Å². The molecule has 0 aliphatic heterocycles. The van der Waals surface area contributed by atoms with Crippen LogP contribution < -0.4 is 0 Å². The SMILES string of the molecule is CCC(=O)OC([C](c1cc(C(C)(C)C)c(O)c(C(C)(C)C)c1)c1cc(C(C)(C)C)c(O)c(C(C)(C)C)c1)c1cc(C(C)(C)C)c(O)c(C(C)(C)C)c1. The van der Waals surface area contributed by atoms with E-state index in [1.54, 1.807) is 6.92 Å². The Balaban J connectivity index is 2.77. The fourth-order valence-corrected chi connectivity index (χ4v) is 6.80. The van der Waals surface area contributed by atoms with Crippen LogP contribution in [0, 0.1) is 5.92 Å². The maximum atomic E-state index is 13.6. The molecule has 0 saturated heterocycles. The van der Waals surface area contributed by atoms with Crippen LogP contribution >= 0.6 is 0 Å². The predicted octanol–water partition coefficient (Wildman–Crippen LogP) is 12.3. The van der Waals surface area contributed by atoms with Crippen molar-refractivity contribution in [1.29, 1.82) is 0 Å². The molecule has 0 heterocycles. The van der Waals surface area contributed by atoms with E-state index >= 15 is 0 Å². The van der Waals surface area contributed by atoms with Crippen molar-refractivity contribution in [3.63, 3.8) is 0 Å². The summed E-state index contributed by atoms with van der Waals surface area (Å²) in [4.78, 5) is 13.6. The normalized spacial score (nSPS) is 14.2. The molecule has 287 valence electrons. The smallest absolute Gasteiger partial charge is 0.306 e. The van der Waals surface area contributed by atoms with Gasteiger partial charge in [-0.15, -0.1) is 0 Å². The van der Waals surface area contributed by atoms with Gasteiger partial charge in [0.2, 0.25) is 0 Å². The highest BCUT2D eigenvalue weighted by atomic mass is 16.5. The predicted molar refractivity (Wildman–Crippen MR) is 217 cm³/mol. The lowest BCUT2D eigenvalue weighted by Gasteiger charge is -2.36. The van der Waals surface area contributed by atoms with Crippen LogP contribution in [0.15, 0.2) is 36.4 Å². The standard InChI is InChI=1S/C47H69O5/c1-20-36(48)52-41(29-25-34(46(14,15)16)40(51)35(26-29)47(17,18)19)37(27-21-30(42(2,3)4)38(49)31(22-27)43(5,6)7)28-23-32(44(8,9)10)39(50)33(24-28)45(11,12)13/h21-26,41,49-51H,20H2,1-19H3. The van der Waals surface area contributed by atoms with Crippen molar-refractivity contribution in [3.05, 3.63) is 92.4 Å². The lowest BCUT2D eigenvalue weighted by atomic mass is 9.71. The maximum absolute atomic E-state index is 13.6. The molecule has 0 amide bonds. The number of esters is 1. The first-order valence-corrected chi connectivity index (χ1v) is 18.9. The zero-order valence-electron chi connectivity index (χ0n) is 35.9. The van der Waals surface area contributed by atoms with Gasteiger partial charge in [-0.2, -0.15) is 0 Å². The van der Waals surface area contributed by atoms with Crippen LogP contribution in [0.4, 0.5) is 0 Å². The zero-order valence-corrected chi connectivity index (χ0v) is 35.9. The van der Waals surface area contributed by atoms with Crippen molar-refractivity contribution in [3.8, 4) is 17.2 Å². The van der Waals surface area contributed by atoms with Gasteiger partial charge in [-0.05, 0) is 94.7 Å². The van der Waals surface area contributed by atoms with Gasteiger partial charge in [0, 0.05) is 6.42 Å². The number of hydrogen-bond donors (Lipinski definition) is 3. The number of phenolic OH excluding ortho intramolecular Hbond substituents is 3. The molecule has 1 unspecified atom stereocenters. The van der Waals surface area contributed by atoms with E-state index in [-0.39, 0.29) is 29.6 Å². The van der Waals surface area contributed by atoms with Crippen molar-refractivity contribution in [1.82, 2.24) is 0 Å². The van der Waals surface area contributed by atoms with Crippen molar-refractivity contribution in [2.45, 2.75) is 177 Å². The van der Waals surface area contributed by atoms with Gasteiger partial charge in [-0.3, -0.25) is 4.79 Å². The molecule has 3 aromatic rings. The monoisotopic (exact) mass is 714 g/mol. The van der Waals surface area contributed by atoms with Gasteiger partial charge in [-0.1, -0.05) is 156 Å². The van der Waals surface area contributed by atoms with E-state index in [1.807, 2.05) is 36.4 Å². The van der Waals surface area contributed by atoms with Crippen molar-refractivity contribution < 1.29 is 24.9 Å². The molecule has 52 heavy (non-hydrogen) atoms. The third-order valence-corrected chi connectivity index (χ3v) is 9.93. The number of benzene rings is 3. The summed E-state index contributed by atoms with van der Waals surface area (Å²) in [5.41, 5.74) is 4.54. The molecule has 0 bridgehead atoms. The molecule has 3 aromatic carbocycles. The second-order valence-corrected chi connectivity index (χ2v) is 20.9. The molecular formula is C47H69O5. The Morgan fingerprint density at radius 2 is 0.712 bits per heavy atom. The molecule has 3 rings (SSSR count). The van der Waals surface area contributed by atoms with E-state index in [1.165, 1.54) is 0 Å². The second kappa shape index (κ2) is 14.1. The average Bonchev–Trinajstić information content (AvgIpc) is 2.94. The molecule has 0 saturated carbocycles. The summed E-state index contributed by atoms with van der Waals surface area (Å²) in [5, 5.41) is 35.4. The van der Waals surface area contributed by atoms with Gasteiger partial charge in [-0.25, -0.2) is 0 Å². The van der Waals surface area contributed by atoms with E-state index in [9.17, 15) is 20.1 Å². The highest BCUT2D eigenvalue weighted by Crippen LogP contribution is 2.50. The van der Waals surface area contributed by atoms with Gasteiger partial charge in [0.05, 0.1) is 5.92 Å².